The van der Waals surface area contributed by atoms with E-state index in [0.717, 1.165) is 6.07 Å². The van der Waals surface area contributed by atoms with Crippen molar-refractivity contribution < 1.29 is 27.9 Å². The number of nitrogens with zero attached hydrogens (tertiary/aromatic N) is 1. The number of carboxylic acids is 1. The number of nitrogens with two attached hydrogens (primary N) is 2. The minimum Gasteiger partial charge on any atom is -0.481 e. The number of aryl methyl sites for hydroxylation is 1. The van der Waals surface area contributed by atoms with Crippen LogP contribution in [0.5, 0.6) is 0 Å². The maximum atomic E-state index is 12.9. The summed E-state index contributed by atoms with van der Waals surface area (Å²) in [5.41, 5.74) is 8.62. The number of unbranched alkanes of at least 4 members (excludes halogenated alkanes) is 1. The number of carbonyl (C=O) groups excluding carboxylic acids is 1. The summed E-state index contributed by atoms with van der Waals surface area (Å²) in [6, 6.07) is 0.967. The number of hydrogen-bond acceptors (Lipinski definition) is 4. The minimum absolute atomic E-state index is 0.0737. The molecule has 0 radical (unpaired) electrons. The number of carboxylic acid groups (broad SMARTS) is 1. The molecule has 0 spiro atoms. The molecule has 1 aromatic heterocycles. The Kier molecular flexibility index (Phi) is 5.12. The van der Waals surface area contributed by atoms with Crippen LogP contribution in [0.1, 0.15) is 40.9 Å². The van der Waals surface area contributed by atoms with Gasteiger partial charge in [-0.3, -0.25) is 9.59 Å². The summed E-state index contributed by atoms with van der Waals surface area (Å²) < 4.78 is 38.6. The predicted octanol–water partition coefficient (Wildman–Crippen LogP) is 1.58. The van der Waals surface area contributed by atoms with E-state index in [1.807, 2.05) is 0 Å². The number of pyridine rings is 1. The molecule has 6 nitrogen and oxygen atoms in total. The molecule has 1 amide bonds. The topological polar surface area (TPSA) is 119 Å². The number of rotatable bonds is 6. The van der Waals surface area contributed by atoms with Crippen molar-refractivity contribution in [3.63, 3.8) is 0 Å². The lowest BCUT2D eigenvalue weighted by Gasteiger charge is -2.14. The fraction of sp³-hybridized carbons (Fsp3) is 0.417. The highest BCUT2D eigenvalue weighted by Gasteiger charge is 2.36. The predicted molar refractivity (Wildman–Crippen MR) is 67.4 cm³/mol. The zero-order valence-corrected chi connectivity index (χ0v) is 10.9. The summed E-state index contributed by atoms with van der Waals surface area (Å²) >= 11 is 0. The van der Waals surface area contributed by atoms with Gasteiger partial charge in [-0.1, -0.05) is 0 Å². The maximum absolute atomic E-state index is 12.9. The van der Waals surface area contributed by atoms with Crippen molar-refractivity contribution in [1.29, 1.82) is 0 Å². The molecule has 0 atom stereocenters. The molecule has 0 fully saturated rings. The molecule has 9 heteroatoms. The van der Waals surface area contributed by atoms with Gasteiger partial charge in [-0.25, -0.2) is 4.98 Å². The van der Waals surface area contributed by atoms with Crippen molar-refractivity contribution in [3.8, 4) is 0 Å². The van der Waals surface area contributed by atoms with E-state index in [9.17, 15) is 22.8 Å². The number of nitrogen functional groups attached to an aromatic ring is 1. The van der Waals surface area contributed by atoms with Gasteiger partial charge in [-0.05, 0) is 30.9 Å². The van der Waals surface area contributed by atoms with Gasteiger partial charge in [0.2, 0.25) is 0 Å². The number of aliphatic carboxylic acids is 1. The fourth-order valence-electron chi connectivity index (χ4n) is 1.79. The molecule has 0 saturated heterocycles. The Morgan fingerprint density at radius 2 is 1.90 bits per heavy atom. The van der Waals surface area contributed by atoms with Crippen LogP contribution in [0.25, 0.3) is 0 Å². The summed E-state index contributed by atoms with van der Waals surface area (Å²) in [4.78, 5) is 24.7. The van der Waals surface area contributed by atoms with Crippen LogP contribution in [0, 0.1) is 0 Å². The summed E-state index contributed by atoms with van der Waals surface area (Å²) in [6.45, 7) is 0. The van der Waals surface area contributed by atoms with E-state index in [2.05, 4.69) is 4.98 Å². The number of primary amides is 1. The fourth-order valence-corrected chi connectivity index (χ4v) is 1.79. The smallest absolute Gasteiger partial charge is 0.433 e. The Bertz CT molecular complexity index is 559. The summed E-state index contributed by atoms with van der Waals surface area (Å²) in [5, 5.41) is 8.48. The second kappa shape index (κ2) is 6.42. The second-order valence-electron chi connectivity index (χ2n) is 4.39. The molecule has 0 bridgehead atoms. The highest BCUT2D eigenvalue weighted by atomic mass is 19.4. The van der Waals surface area contributed by atoms with Gasteiger partial charge in [0.1, 0.15) is 11.5 Å². The zero-order chi connectivity index (χ0) is 16.2. The van der Waals surface area contributed by atoms with Crippen molar-refractivity contribution in [3.05, 3.63) is 22.9 Å². The third-order valence-corrected chi connectivity index (χ3v) is 2.75. The van der Waals surface area contributed by atoms with E-state index in [1.165, 1.54) is 0 Å². The van der Waals surface area contributed by atoms with Gasteiger partial charge < -0.3 is 16.6 Å². The van der Waals surface area contributed by atoms with Gasteiger partial charge in [0, 0.05) is 6.42 Å². The molecule has 1 aromatic rings. The average molecular weight is 305 g/mol. The second-order valence-corrected chi connectivity index (χ2v) is 4.39. The lowest BCUT2D eigenvalue weighted by molar-refractivity contribution is -0.142. The van der Waals surface area contributed by atoms with E-state index in [1.54, 1.807) is 0 Å². The van der Waals surface area contributed by atoms with Crippen LogP contribution in [0.2, 0.25) is 0 Å². The SMILES string of the molecule is NC(=O)c1cc(CCCCC(=O)O)c(C(F)(F)F)nc1N. The quantitative estimate of drug-likeness (QED) is 0.689. The zero-order valence-electron chi connectivity index (χ0n) is 10.9. The first-order chi connectivity index (χ1) is 9.62. The number of amides is 1. The van der Waals surface area contributed by atoms with Crippen molar-refractivity contribution >= 4 is 17.7 Å². The molecule has 0 aromatic carbocycles. The molecule has 1 heterocycles. The molecule has 116 valence electrons. The van der Waals surface area contributed by atoms with Gasteiger partial charge in [0.05, 0.1) is 5.56 Å². The first-order valence-electron chi connectivity index (χ1n) is 6.01. The first-order valence-corrected chi connectivity index (χ1v) is 6.01. The summed E-state index contributed by atoms with van der Waals surface area (Å²) in [5.74, 6) is -2.58. The minimum atomic E-state index is -4.72. The van der Waals surface area contributed by atoms with E-state index >= 15 is 0 Å². The highest BCUT2D eigenvalue weighted by Crippen LogP contribution is 2.33. The standard InChI is InChI=1S/C12H14F3N3O3/c13-12(14,15)9-6(3-1-2-4-8(19)20)5-7(11(17)21)10(16)18-9/h5H,1-4H2,(H2,16,18)(H2,17,21)(H,19,20). The van der Waals surface area contributed by atoms with E-state index in [4.69, 9.17) is 16.6 Å². The lowest BCUT2D eigenvalue weighted by atomic mass is 10.0. The molecule has 1 rings (SSSR count). The molecule has 0 saturated carbocycles. The number of alkyl halides is 3. The first kappa shape index (κ1) is 16.7. The molecular formula is C12H14F3N3O3. The molecule has 0 aliphatic carbocycles. The third-order valence-electron chi connectivity index (χ3n) is 2.75. The number of carbonyl (C=O) groups is 2. The molecule has 5 N–H and O–H groups in total. The molecule has 0 aliphatic heterocycles. The van der Waals surface area contributed by atoms with Crippen LogP contribution in [0.15, 0.2) is 6.07 Å². The van der Waals surface area contributed by atoms with Crippen molar-refractivity contribution in [2.75, 3.05) is 5.73 Å². The highest BCUT2D eigenvalue weighted by molar-refractivity contribution is 5.97. The normalized spacial score (nSPS) is 11.4. The number of aromatic nitrogens is 1. The van der Waals surface area contributed by atoms with Crippen LogP contribution in [-0.2, 0) is 17.4 Å². The van der Waals surface area contributed by atoms with E-state index in [-0.39, 0.29) is 36.8 Å². The molecule has 0 unspecified atom stereocenters. The molecule has 0 aliphatic rings. The van der Waals surface area contributed by atoms with Crippen LogP contribution >= 0.6 is 0 Å². The summed E-state index contributed by atoms with van der Waals surface area (Å²) in [6.07, 6.45) is -4.52. The maximum Gasteiger partial charge on any atom is 0.433 e. The Balaban J connectivity index is 3.05. The van der Waals surface area contributed by atoms with Gasteiger partial charge in [-0.2, -0.15) is 13.2 Å². The van der Waals surface area contributed by atoms with Gasteiger partial charge >= 0.3 is 12.1 Å². The van der Waals surface area contributed by atoms with E-state index in [0.29, 0.717) is 0 Å². The van der Waals surface area contributed by atoms with Gasteiger partial charge in [0.15, 0.2) is 0 Å². The van der Waals surface area contributed by atoms with Crippen LogP contribution in [0.3, 0.4) is 0 Å². The van der Waals surface area contributed by atoms with Gasteiger partial charge in [-0.15, -0.1) is 0 Å². The van der Waals surface area contributed by atoms with Crippen LogP contribution < -0.4 is 11.5 Å². The molecule has 21 heavy (non-hydrogen) atoms. The third kappa shape index (κ3) is 4.62. The van der Waals surface area contributed by atoms with Crippen molar-refractivity contribution in [1.82, 2.24) is 4.98 Å². The number of anilines is 1. The lowest BCUT2D eigenvalue weighted by Crippen LogP contribution is -2.20. The monoisotopic (exact) mass is 305 g/mol. The Morgan fingerprint density at radius 3 is 2.38 bits per heavy atom. The number of halogens is 3. The largest absolute Gasteiger partial charge is 0.481 e. The van der Waals surface area contributed by atoms with E-state index < -0.39 is 29.6 Å². The van der Waals surface area contributed by atoms with Crippen molar-refractivity contribution in [2.24, 2.45) is 5.73 Å². The van der Waals surface area contributed by atoms with Crippen LogP contribution in [0.4, 0.5) is 19.0 Å². The van der Waals surface area contributed by atoms with Crippen LogP contribution in [-0.4, -0.2) is 22.0 Å². The molecular weight excluding hydrogens is 291 g/mol. The average Bonchev–Trinajstić information content (AvgIpc) is 2.33. The Labute approximate surface area is 117 Å². The Morgan fingerprint density at radius 1 is 1.29 bits per heavy atom. The number of hydrogen-bond donors (Lipinski definition) is 3. The Hall–Kier alpha value is -2.32. The van der Waals surface area contributed by atoms with Crippen molar-refractivity contribution in [2.45, 2.75) is 31.9 Å². The van der Waals surface area contributed by atoms with Gasteiger partial charge in [0.25, 0.3) is 5.91 Å². The summed E-state index contributed by atoms with van der Waals surface area (Å²) in [7, 11) is 0.